The summed E-state index contributed by atoms with van der Waals surface area (Å²) in [4.78, 5) is 0. The monoisotopic (exact) mass is 347 g/mol. The number of nitrogens with zero attached hydrogens (tertiary/aromatic N) is 1. The number of aryl methyl sites for hydroxylation is 2. The summed E-state index contributed by atoms with van der Waals surface area (Å²) in [5, 5.41) is 14.9. The molecule has 0 radical (unpaired) electrons. The van der Waals surface area contributed by atoms with E-state index >= 15 is 0 Å². The van der Waals surface area contributed by atoms with Gasteiger partial charge in [-0.25, -0.2) is 0 Å². The number of aliphatic hydroxyl groups excluding tert-OH is 1. The first-order valence-electron chi connectivity index (χ1n) is 7.14. The van der Waals surface area contributed by atoms with Gasteiger partial charge >= 0.3 is 0 Å². The van der Waals surface area contributed by atoms with Crippen LogP contribution in [-0.4, -0.2) is 10.3 Å². The van der Waals surface area contributed by atoms with Gasteiger partial charge in [-0.2, -0.15) is 0 Å². The number of hydrogen-bond acceptors (Lipinski definition) is 3. The molecule has 5 heteroatoms. The zero-order valence-electron chi connectivity index (χ0n) is 12.7. The summed E-state index contributed by atoms with van der Waals surface area (Å²) in [5.41, 5.74) is 5.05. The van der Waals surface area contributed by atoms with Crippen molar-refractivity contribution in [2.24, 2.45) is 0 Å². The Labute approximate surface area is 144 Å². The molecule has 3 aromatic rings. The predicted molar refractivity (Wildman–Crippen MR) is 92.8 cm³/mol. The van der Waals surface area contributed by atoms with Gasteiger partial charge in [-0.05, 0) is 37.1 Å². The van der Waals surface area contributed by atoms with Crippen LogP contribution in [0.5, 0.6) is 0 Å². The van der Waals surface area contributed by atoms with Crippen LogP contribution in [0.2, 0.25) is 10.0 Å². The molecular formula is C18H15Cl2NO2. The number of aromatic nitrogens is 1. The maximum absolute atomic E-state index is 9.86. The summed E-state index contributed by atoms with van der Waals surface area (Å²) in [7, 11) is 0. The van der Waals surface area contributed by atoms with Crippen molar-refractivity contribution in [1.29, 1.82) is 0 Å². The lowest BCUT2D eigenvalue weighted by Gasteiger charge is -2.08. The zero-order valence-corrected chi connectivity index (χ0v) is 14.2. The van der Waals surface area contributed by atoms with Crippen molar-refractivity contribution in [2.75, 3.05) is 0 Å². The van der Waals surface area contributed by atoms with E-state index in [-0.39, 0.29) is 6.61 Å². The minimum atomic E-state index is -0.178. The molecule has 0 aliphatic carbocycles. The van der Waals surface area contributed by atoms with Crippen LogP contribution < -0.4 is 0 Å². The molecule has 0 aliphatic heterocycles. The molecule has 0 atom stereocenters. The van der Waals surface area contributed by atoms with Gasteiger partial charge in [0.05, 0.1) is 22.2 Å². The second kappa shape index (κ2) is 6.36. The highest BCUT2D eigenvalue weighted by molar-refractivity contribution is 6.42. The van der Waals surface area contributed by atoms with Crippen LogP contribution in [0.15, 0.2) is 40.9 Å². The Bertz CT molecular complexity index is 851. The van der Waals surface area contributed by atoms with E-state index in [1.165, 1.54) is 0 Å². The number of hydrogen-bond donors (Lipinski definition) is 1. The lowest BCUT2D eigenvalue weighted by molar-refractivity contribution is 0.281. The second-order valence-corrected chi connectivity index (χ2v) is 6.21. The molecule has 0 amide bonds. The molecule has 0 fully saturated rings. The van der Waals surface area contributed by atoms with E-state index in [0.29, 0.717) is 27.1 Å². The number of halogens is 2. The Morgan fingerprint density at radius 3 is 2.35 bits per heavy atom. The van der Waals surface area contributed by atoms with Gasteiger partial charge in [0, 0.05) is 11.1 Å². The second-order valence-electron chi connectivity index (χ2n) is 5.39. The van der Waals surface area contributed by atoms with Gasteiger partial charge in [-0.15, -0.1) is 0 Å². The predicted octanol–water partition coefficient (Wildman–Crippen LogP) is 5.42. The van der Waals surface area contributed by atoms with Crippen LogP contribution in [0.3, 0.4) is 0 Å². The van der Waals surface area contributed by atoms with Gasteiger partial charge in [0.2, 0.25) is 0 Å². The first-order chi connectivity index (χ1) is 11.0. The van der Waals surface area contributed by atoms with E-state index in [0.717, 1.165) is 22.3 Å². The normalized spacial score (nSPS) is 11.0. The Kier molecular flexibility index (Phi) is 4.44. The Hall–Kier alpha value is -1.81. The number of aliphatic hydroxyl groups is 1. The molecule has 0 saturated carbocycles. The maximum Gasteiger partial charge on any atom is 0.173 e. The van der Waals surface area contributed by atoms with E-state index < -0.39 is 0 Å². The van der Waals surface area contributed by atoms with Crippen LogP contribution in [0.4, 0.5) is 0 Å². The maximum atomic E-state index is 9.86. The Morgan fingerprint density at radius 1 is 1.04 bits per heavy atom. The highest BCUT2D eigenvalue weighted by atomic mass is 35.5. The molecule has 2 aromatic carbocycles. The average molecular weight is 348 g/mol. The summed E-state index contributed by atoms with van der Waals surface area (Å²) in [5.74, 6) is 0.587. The fourth-order valence-electron chi connectivity index (χ4n) is 2.70. The van der Waals surface area contributed by atoms with Gasteiger partial charge in [-0.1, -0.05) is 52.6 Å². The number of benzene rings is 2. The van der Waals surface area contributed by atoms with Crippen molar-refractivity contribution in [2.45, 2.75) is 20.5 Å². The van der Waals surface area contributed by atoms with Crippen molar-refractivity contribution < 1.29 is 9.63 Å². The molecule has 0 unspecified atom stereocenters. The summed E-state index contributed by atoms with van der Waals surface area (Å²) < 4.78 is 5.57. The van der Waals surface area contributed by atoms with E-state index in [1.54, 1.807) is 18.2 Å². The molecule has 0 saturated heterocycles. The summed E-state index contributed by atoms with van der Waals surface area (Å²) in [6.07, 6.45) is 0. The summed E-state index contributed by atoms with van der Waals surface area (Å²) >= 11 is 12.0. The molecule has 1 N–H and O–H groups in total. The van der Waals surface area contributed by atoms with Crippen LogP contribution in [0, 0.1) is 13.8 Å². The van der Waals surface area contributed by atoms with Gasteiger partial charge in [0.15, 0.2) is 5.76 Å². The largest absolute Gasteiger partial charge is 0.391 e. The standard InChI is InChI=1S/C18H15Cl2NO2/c1-10-4-3-5-11(2)16(10)18-13(9-22)17(21-23-18)12-6-7-14(19)15(20)8-12/h3-8,22H,9H2,1-2H3. The van der Waals surface area contributed by atoms with Gasteiger partial charge < -0.3 is 9.63 Å². The number of rotatable bonds is 3. The van der Waals surface area contributed by atoms with Crippen LogP contribution in [0.25, 0.3) is 22.6 Å². The molecular weight excluding hydrogens is 333 g/mol. The summed E-state index contributed by atoms with van der Waals surface area (Å²) in [6, 6.07) is 11.2. The highest BCUT2D eigenvalue weighted by Crippen LogP contribution is 2.37. The topological polar surface area (TPSA) is 46.3 Å². The molecule has 3 nitrogen and oxygen atoms in total. The molecule has 118 valence electrons. The molecule has 1 aromatic heterocycles. The van der Waals surface area contributed by atoms with Crippen molar-refractivity contribution >= 4 is 23.2 Å². The lowest BCUT2D eigenvalue weighted by atomic mass is 9.96. The third kappa shape index (κ3) is 2.88. The van der Waals surface area contributed by atoms with Gasteiger partial charge in [0.1, 0.15) is 5.69 Å². The van der Waals surface area contributed by atoms with Crippen molar-refractivity contribution in [3.8, 4) is 22.6 Å². The molecule has 0 aliphatic rings. The first-order valence-corrected chi connectivity index (χ1v) is 7.90. The molecule has 3 rings (SSSR count). The van der Waals surface area contributed by atoms with Crippen LogP contribution in [-0.2, 0) is 6.61 Å². The molecule has 0 bridgehead atoms. The summed E-state index contributed by atoms with van der Waals surface area (Å²) in [6.45, 7) is 3.83. The molecule has 1 heterocycles. The smallest absolute Gasteiger partial charge is 0.173 e. The van der Waals surface area contributed by atoms with Crippen LogP contribution in [0.1, 0.15) is 16.7 Å². The minimum Gasteiger partial charge on any atom is -0.391 e. The molecule has 0 spiro atoms. The lowest BCUT2D eigenvalue weighted by Crippen LogP contribution is -1.92. The third-order valence-electron chi connectivity index (χ3n) is 3.85. The van der Waals surface area contributed by atoms with E-state index in [1.807, 2.05) is 32.0 Å². The van der Waals surface area contributed by atoms with Crippen molar-refractivity contribution in [3.05, 3.63) is 63.1 Å². The highest BCUT2D eigenvalue weighted by Gasteiger charge is 2.21. The first kappa shape index (κ1) is 16.1. The Balaban J connectivity index is 2.19. The van der Waals surface area contributed by atoms with E-state index in [2.05, 4.69) is 5.16 Å². The van der Waals surface area contributed by atoms with Gasteiger partial charge in [0.25, 0.3) is 0 Å². The zero-order chi connectivity index (χ0) is 16.6. The minimum absolute atomic E-state index is 0.178. The fraction of sp³-hybridized carbons (Fsp3) is 0.167. The Morgan fingerprint density at radius 2 is 1.74 bits per heavy atom. The molecule has 23 heavy (non-hydrogen) atoms. The van der Waals surface area contributed by atoms with E-state index in [9.17, 15) is 5.11 Å². The quantitative estimate of drug-likeness (QED) is 0.687. The van der Waals surface area contributed by atoms with Crippen LogP contribution >= 0.6 is 23.2 Å². The van der Waals surface area contributed by atoms with Crippen molar-refractivity contribution in [3.63, 3.8) is 0 Å². The average Bonchev–Trinajstić information content (AvgIpc) is 2.93. The fourth-order valence-corrected chi connectivity index (χ4v) is 2.99. The third-order valence-corrected chi connectivity index (χ3v) is 4.59. The van der Waals surface area contributed by atoms with E-state index in [4.69, 9.17) is 27.7 Å². The SMILES string of the molecule is Cc1cccc(C)c1-c1onc(-c2ccc(Cl)c(Cl)c2)c1CO. The van der Waals surface area contributed by atoms with Gasteiger partial charge in [-0.3, -0.25) is 0 Å². The van der Waals surface area contributed by atoms with Crippen molar-refractivity contribution in [1.82, 2.24) is 5.16 Å².